The Morgan fingerprint density at radius 3 is 2.14 bits per heavy atom. The van der Waals surface area contributed by atoms with Gasteiger partial charge in [0.05, 0.1) is 13.0 Å². The van der Waals surface area contributed by atoms with Gasteiger partial charge < -0.3 is 10.4 Å². The minimum atomic E-state index is -0.725. The summed E-state index contributed by atoms with van der Waals surface area (Å²) < 4.78 is 26.8. The van der Waals surface area contributed by atoms with Gasteiger partial charge in [0.25, 0.3) is 0 Å². The molecule has 21 heavy (non-hydrogen) atoms. The van der Waals surface area contributed by atoms with Crippen LogP contribution in [0.15, 0.2) is 42.5 Å². The van der Waals surface area contributed by atoms with Gasteiger partial charge in [-0.25, -0.2) is 8.78 Å². The van der Waals surface area contributed by atoms with Crippen LogP contribution in [0.2, 0.25) is 0 Å². The molecular weight excluding hydrogens is 276 g/mol. The summed E-state index contributed by atoms with van der Waals surface area (Å²) in [4.78, 5) is 11.7. The predicted octanol–water partition coefficient (Wildman–Crippen LogP) is 2.32. The molecule has 0 aromatic heterocycles. The number of aliphatic hydroxyl groups is 1. The van der Waals surface area contributed by atoms with Crippen molar-refractivity contribution in [3.05, 3.63) is 70.8 Å². The van der Waals surface area contributed by atoms with E-state index in [4.69, 9.17) is 5.11 Å². The molecule has 2 N–H and O–H groups in total. The van der Waals surface area contributed by atoms with Crippen LogP contribution in [0.5, 0.6) is 0 Å². The van der Waals surface area contributed by atoms with E-state index in [1.54, 1.807) is 24.3 Å². The van der Waals surface area contributed by atoms with E-state index in [2.05, 4.69) is 5.32 Å². The lowest BCUT2D eigenvalue weighted by molar-refractivity contribution is -0.120. The van der Waals surface area contributed by atoms with Crippen molar-refractivity contribution in [3.63, 3.8) is 0 Å². The Kier molecular flexibility index (Phi) is 5.00. The molecule has 1 amide bonds. The van der Waals surface area contributed by atoms with Gasteiger partial charge in [0.2, 0.25) is 5.91 Å². The molecule has 0 atom stereocenters. The van der Waals surface area contributed by atoms with Crippen LogP contribution in [-0.2, 0) is 24.4 Å². The fourth-order valence-corrected chi connectivity index (χ4v) is 1.89. The van der Waals surface area contributed by atoms with Gasteiger partial charge in [0, 0.05) is 12.1 Å². The lowest BCUT2D eigenvalue weighted by Crippen LogP contribution is -2.25. The highest BCUT2D eigenvalue weighted by Crippen LogP contribution is 2.12. The third-order valence-corrected chi connectivity index (χ3v) is 3.09. The molecule has 3 nitrogen and oxygen atoms in total. The van der Waals surface area contributed by atoms with Crippen LogP contribution in [-0.4, -0.2) is 11.0 Å². The van der Waals surface area contributed by atoms with Gasteiger partial charge in [-0.3, -0.25) is 4.79 Å². The maximum Gasteiger partial charge on any atom is 0.224 e. The molecule has 0 heterocycles. The molecule has 0 aliphatic carbocycles. The molecule has 2 rings (SSSR count). The molecule has 2 aromatic carbocycles. The van der Waals surface area contributed by atoms with E-state index in [9.17, 15) is 13.6 Å². The van der Waals surface area contributed by atoms with Gasteiger partial charge in [-0.05, 0) is 23.3 Å². The summed E-state index contributed by atoms with van der Waals surface area (Å²) in [5.74, 6) is -1.90. The largest absolute Gasteiger partial charge is 0.392 e. The first-order valence-electron chi connectivity index (χ1n) is 6.48. The Bertz CT molecular complexity index is 606. The van der Waals surface area contributed by atoms with Crippen LogP contribution in [0.3, 0.4) is 0 Å². The zero-order valence-corrected chi connectivity index (χ0v) is 11.3. The third kappa shape index (κ3) is 4.10. The minimum Gasteiger partial charge on any atom is -0.392 e. The second-order valence-electron chi connectivity index (χ2n) is 4.63. The van der Waals surface area contributed by atoms with Crippen LogP contribution < -0.4 is 5.32 Å². The van der Waals surface area contributed by atoms with Gasteiger partial charge in [-0.1, -0.05) is 30.3 Å². The summed E-state index contributed by atoms with van der Waals surface area (Å²) in [6, 6.07) is 10.6. The second-order valence-corrected chi connectivity index (χ2v) is 4.63. The minimum absolute atomic E-state index is 0.0425. The highest BCUT2D eigenvalue weighted by molar-refractivity contribution is 5.78. The van der Waals surface area contributed by atoms with Gasteiger partial charge in [0.1, 0.15) is 11.6 Å². The van der Waals surface area contributed by atoms with E-state index in [0.717, 1.165) is 23.3 Å². The summed E-state index contributed by atoms with van der Waals surface area (Å²) >= 11 is 0. The Labute approximate surface area is 121 Å². The van der Waals surface area contributed by atoms with Crippen molar-refractivity contribution >= 4 is 5.91 Å². The van der Waals surface area contributed by atoms with E-state index in [-0.39, 0.29) is 25.1 Å². The summed E-state index contributed by atoms with van der Waals surface area (Å²) in [5.41, 5.74) is 1.39. The van der Waals surface area contributed by atoms with E-state index in [1.165, 1.54) is 6.07 Å². The van der Waals surface area contributed by atoms with Crippen molar-refractivity contribution in [2.45, 2.75) is 19.6 Å². The SMILES string of the molecule is O=C(Cc1c(F)cccc1F)NCc1ccc(CO)cc1. The van der Waals surface area contributed by atoms with E-state index >= 15 is 0 Å². The lowest BCUT2D eigenvalue weighted by atomic mass is 10.1. The van der Waals surface area contributed by atoms with E-state index in [0.29, 0.717) is 0 Å². The summed E-state index contributed by atoms with van der Waals surface area (Å²) in [6.45, 7) is 0.222. The second kappa shape index (κ2) is 6.95. The Balaban J connectivity index is 1.92. The molecule has 2 aromatic rings. The number of hydrogen-bond acceptors (Lipinski definition) is 2. The first-order chi connectivity index (χ1) is 10.1. The molecule has 0 saturated carbocycles. The average molecular weight is 291 g/mol. The number of carbonyl (C=O) groups excluding carboxylic acids is 1. The number of rotatable bonds is 5. The van der Waals surface area contributed by atoms with Gasteiger partial charge in [0.15, 0.2) is 0 Å². The first kappa shape index (κ1) is 15.1. The smallest absolute Gasteiger partial charge is 0.224 e. The summed E-state index contributed by atoms with van der Waals surface area (Å²) in [7, 11) is 0. The summed E-state index contributed by atoms with van der Waals surface area (Å²) in [6.07, 6.45) is -0.340. The fraction of sp³-hybridized carbons (Fsp3) is 0.188. The van der Waals surface area contributed by atoms with Gasteiger partial charge in [-0.15, -0.1) is 0 Å². The lowest BCUT2D eigenvalue weighted by Gasteiger charge is -2.07. The van der Waals surface area contributed by atoms with Gasteiger partial charge in [-0.2, -0.15) is 0 Å². The summed E-state index contributed by atoms with van der Waals surface area (Å²) in [5, 5.41) is 11.5. The van der Waals surface area contributed by atoms with Crippen LogP contribution in [0.4, 0.5) is 8.78 Å². The van der Waals surface area contributed by atoms with E-state index < -0.39 is 17.5 Å². The molecule has 0 aliphatic heterocycles. The fourth-order valence-electron chi connectivity index (χ4n) is 1.89. The molecule has 0 aliphatic rings. The van der Waals surface area contributed by atoms with Crippen molar-refractivity contribution in [1.29, 1.82) is 0 Å². The number of aliphatic hydroxyl groups excluding tert-OH is 1. The Morgan fingerprint density at radius 1 is 1.00 bits per heavy atom. The zero-order chi connectivity index (χ0) is 15.2. The van der Waals surface area contributed by atoms with Crippen molar-refractivity contribution < 1.29 is 18.7 Å². The topological polar surface area (TPSA) is 49.3 Å². The number of benzene rings is 2. The maximum absolute atomic E-state index is 13.4. The highest BCUT2D eigenvalue weighted by atomic mass is 19.1. The standard InChI is InChI=1S/C16H15F2NO2/c17-14-2-1-3-15(18)13(14)8-16(21)19-9-11-4-6-12(10-20)7-5-11/h1-7,20H,8-10H2,(H,19,21). The average Bonchev–Trinajstić information content (AvgIpc) is 2.49. The molecule has 0 bridgehead atoms. The number of halogens is 2. The molecular formula is C16H15F2NO2. The Morgan fingerprint density at radius 2 is 1.57 bits per heavy atom. The molecule has 5 heteroatoms. The van der Waals surface area contributed by atoms with Crippen molar-refractivity contribution in [3.8, 4) is 0 Å². The molecule has 0 spiro atoms. The van der Waals surface area contributed by atoms with Crippen molar-refractivity contribution in [1.82, 2.24) is 5.32 Å². The van der Waals surface area contributed by atoms with Crippen LogP contribution in [0, 0.1) is 11.6 Å². The number of carbonyl (C=O) groups is 1. The van der Waals surface area contributed by atoms with Crippen LogP contribution in [0.25, 0.3) is 0 Å². The molecule has 110 valence electrons. The third-order valence-electron chi connectivity index (χ3n) is 3.09. The van der Waals surface area contributed by atoms with Crippen molar-refractivity contribution in [2.24, 2.45) is 0 Å². The zero-order valence-electron chi connectivity index (χ0n) is 11.3. The Hall–Kier alpha value is -2.27. The monoisotopic (exact) mass is 291 g/mol. The molecule has 0 fully saturated rings. The molecule has 0 unspecified atom stereocenters. The number of amides is 1. The van der Waals surface area contributed by atoms with Gasteiger partial charge >= 0.3 is 0 Å². The quantitative estimate of drug-likeness (QED) is 0.888. The molecule has 0 saturated heterocycles. The van der Waals surface area contributed by atoms with Crippen LogP contribution in [0.1, 0.15) is 16.7 Å². The predicted molar refractivity (Wildman–Crippen MR) is 74.3 cm³/mol. The normalized spacial score (nSPS) is 10.4. The number of nitrogens with one attached hydrogen (secondary N) is 1. The highest BCUT2D eigenvalue weighted by Gasteiger charge is 2.12. The van der Waals surface area contributed by atoms with E-state index in [1.807, 2.05) is 0 Å². The molecule has 0 radical (unpaired) electrons. The first-order valence-corrected chi connectivity index (χ1v) is 6.48. The van der Waals surface area contributed by atoms with Crippen molar-refractivity contribution in [2.75, 3.05) is 0 Å². The number of hydrogen-bond donors (Lipinski definition) is 2. The van der Waals surface area contributed by atoms with Crippen LogP contribution >= 0.6 is 0 Å². The maximum atomic E-state index is 13.4.